The van der Waals surface area contributed by atoms with Crippen LogP contribution in [-0.4, -0.2) is 32.9 Å². The van der Waals surface area contributed by atoms with Gasteiger partial charge in [0, 0.05) is 12.0 Å². The summed E-state index contributed by atoms with van der Waals surface area (Å²) in [5, 5.41) is 12.4. The van der Waals surface area contributed by atoms with E-state index >= 15 is 0 Å². The summed E-state index contributed by atoms with van der Waals surface area (Å²) in [6, 6.07) is 0. The van der Waals surface area contributed by atoms with Crippen LogP contribution in [0.1, 0.15) is 34.4 Å². The van der Waals surface area contributed by atoms with Crippen LogP contribution in [-0.2, 0) is 11.2 Å². The zero-order chi connectivity index (χ0) is 12.6. The van der Waals surface area contributed by atoms with Gasteiger partial charge in [-0.1, -0.05) is 6.92 Å². The van der Waals surface area contributed by atoms with Gasteiger partial charge >= 0.3 is 5.97 Å². The number of hydrogen-bond acceptors (Lipinski definition) is 5. The number of esters is 1. The molecule has 2 heterocycles. The van der Waals surface area contributed by atoms with Crippen molar-refractivity contribution in [1.82, 2.24) is 19.8 Å². The van der Waals surface area contributed by atoms with Gasteiger partial charge in [-0.05, 0) is 19.4 Å². The van der Waals surface area contributed by atoms with Gasteiger partial charge in [-0.2, -0.15) is 9.61 Å². The van der Waals surface area contributed by atoms with Gasteiger partial charge in [-0.3, -0.25) is 0 Å². The van der Waals surface area contributed by atoms with E-state index in [-0.39, 0.29) is 0 Å². The predicted molar refractivity (Wildman–Crippen MR) is 61.0 cm³/mol. The molecule has 0 radical (unpaired) electrons. The van der Waals surface area contributed by atoms with Crippen molar-refractivity contribution < 1.29 is 9.53 Å². The highest BCUT2D eigenvalue weighted by molar-refractivity contribution is 5.89. The number of aromatic nitrogens is 4. The lowest BCUT2D eigenvalue weighted by atomic mass is 10.1. The van der Waals surface area contributed by atoms with Crippen molar-refractivity contribution in [3.8, 4) is 0 Å². The Hall–Kier alpha value is -1.98. The standard InChI is InChI=1S/C11H14N4O2/c1-5-8-12-13-10-7(3)6(2)9(11(16)17-4)14-15(8)10/h5H2,1-4H3. The average Bonchev–Trinajstić information content (AvgIpc) is 2.75. The molecule has 2 aromatic heterocycles. The maximum Gasteiger partial charge on any atom is 0.358 e. The average molecular weight is 234 g/mol. The molecule has 2 rings (SSSR count). The fraction of sp³-hybridized carbons (Fsp3) is 0.455. The Morgan fingerprint density at radius 2 is 2.00 bits per heavy atom. The second-order valence-electron chi connectivity index (χ2n) is 3.80. The Morgan fingerprint density at radius 1 is 1.29 bits per heavy atom. The maximum atomic E-state index is 11.6. The van der Waals surface area contributed by atoms with Crippen molar-refractivity contribution in [2.75, 3.05) is 7.11 Å². The maximum absolute atomic E-state index is 11.6. The van der Waals surface area contributed by atoms with E-state index in [1.165, 1.54) is 7.11 Å². The van der Waals surface area contributed by atoms with Crippen molar-refractivity contribution in [2.45, 2.75) is 27.2 Å². The van der Waals surface area contributed by atoms with Gasteiger partial charge < -0.3 is 4.74 Å². The van der Waals surface area contributed by atoms with E-state index in [1.54, 1.807) is 4.52 Å². The molecule has 6 heteroatoms. The quantitative estimate of drug-likeness (QED) is 0.727. The molecule has 90 valence electrons. The van der Waals surface area contributed by atoms with E-state index in [1.807, 2.05) is 20.8 Å². The summed E-state index contributed by atoms with van der Waals surface area (Å²) in [6.45, 7) is 5.69. The first-order chi connectivity index (χ1) is 8.10. The number of carbonyl (C=O) groups excluding carboxylic acids is 1. The molecule has 0 N–H and O–H groups in total. The van der Waals surface area contributed by atoms with Crippen LogP contribution in [0.25, 0.3) is 5.65 Å². The number of fused-ring (bicyclic) bond motifs is 1. The molecule has 0 amide bonds. The third-order valence-corrected chi connectivity index (χ3v) is 2.85. The van der Waals surface area contributed by atoms with Crippen LogP contribution in [0.2, 0.25) is 0 Å². The number of ether oxygens (including phenoxy) is 1. The summed E-state index contributed by atoms with van der Waals surface area (Å²) < 4.78 is 6.32. The van der Waals surface area contributed by atoms with Crippen LogP contribution >= 0.6 is 0 Å². The molecule has 0 atom stereocenters. The molecule has 0 bridgehead atoms. The van der Waals surface area contributed by atoms with Crippen LogP contribution < -0.4 is 0 Å². The van der Waals surface area contributed by atoms with Gasteiger partial charge in [0.2, 0.25) is 0 Å². The first kappa shape index (κ1) is 11.5. The first-order valence-electron chi connectivity index (χ1n) is 5.40. The highest BCUT2D eigenvalue weighted by atomic mass is 16.5. The summed E-state index contributed by atoms with van der Waals surface area (Å²) in [7, 11) is 1.34. The van der Waals surface area contributed by atoms with Crippen LogP contribution in [0, 0.1) is 13.8 Å². The first-order valence-corrected chi connectivity index (χ1v) is 5.40. The van der Waals surface area contributed by atoms with Gasteiger partial charge in [-0.25, -0.2) is 4.79 Å². The Bertz CT molecular complexity index is 589. The molecule has 0 aliphatic rings. The van der Waals surface area contributed by atoms with E-state index in [0.717, 1.165) is 17.0 Å². The minimum atomic E-state index is -0.441. The molecule has 0 saturated heterocycles. The Labute approximate surface area is 98.6 Å². The summed E-state index contributed by atoms with van der Waals surface area (Å²) in [4.78, 5) is 11.6. The molecule has 0 aliphatic carbocycles. The van der Waals surface area contributed by atoms with Crippen molar-refractivity contribution in [3.05, 3.63) is 22.6 Å². The van der Waals surface area contributed by atoms with Crippen molar-refractivity contribution in [3.63, 3.8) is 0 Å². The highest BCUT2D eigenvalue weighted by Gasteiger charge is 2.18. The van der Waals surface area contributed by atoms with Crippen LogP contribution in [0.15, 0.2) is 0 Å². The Morgan fingerprint density at radius 3 is 2.59 bits per heavy atom. The molecule has 2 aromatic rings. The number of carbonyl (C=O) groups is 1. The molecule has 6 nitrogen and oxygen atoms in total. The van der Waals surface area contributed by atoms with Gasteiger partial charge in [0.15, 0.2) is 17.2 Å². The smallest absolute Gasteiger partial charge is 0.358 e. The van der Waals surface area contributed by atoms with Crippen molar-refractivity contribution in [1.29, 1.82) is 0 Å². The lowest BCUT2D eigenvalue weighted by molar-refractivity contribution is 0.0591. The van der Waals surface area contributed by atoms with Gasteiger partial charge in [0.1, 0.15) is 0 Å². The van der Waals surface area contributed by atoms with Gasteiger partial charge in [-0.15, -0.1) is 10.2 Å². The largest absolute Gasteiger partial charge is 0.464 e. The minimum Gasteiger partial charge on any atom is -0.464 e. The second kappa shape index (κ2) is 4.12. The Balaban J connectivity index is 2.78. The summed E-state index contributed by atoms with van der Waals surface area (Å²) in [5.74, 6) is 0.288. The molecule has 0 fully saturated rings. The number of nitrogens with zero attached hydrogens (tertiary/aromatic N) is 4. The number of aryl methyl sites for hydroxylation is 2. The van der Waals surface area contributed by atoms with Crippen molar-refractivity contribution in [2.24, 2.45) is 0 Å². The normalized spacial score (nSPS) is 10.8. The molecule has 0 spiro atoms. The lowest BCUT2D eigenvalue weighted by Gasteiger charge is -2.07. The van der Waals surface area contributed by atoms with Crippen LogP contribution in [0.4, 0.5) is 0 Å². The molecule has 17 heavy (non-hydrogen) atoms. The summed E-state index contributed by atoms with van der Waals surface area (Å²) in [6.07, 6.45) is 0.706. The van der Waals surface area contributed by atoms with Gasteiger partial charge in [0.05, 0.1) is 7.11 Å². The molecular formula is C11H14N4O2. The van der Waals surface area contributed by atoms with E-state index in [4.69, 9.17) is 4.74 Å². The fourth-order valence-corrected chi connectivity index (χ4v) is 1.68. The number of rotatable bonds is 2. The molecule has 0 saturated carbocycles. The predicted octanol–water partition coefficient (Wildman–Crippen LogP) is 1.09. The zero-order valence-electron chi connectivity index (χ0n) is 10.3. The monoisotopic (exact) mass is 234 g/mol. The number of hydrogen-bond donors (Lipinski definition) is 0. The second-order valence-corrected chi connectivity index (χ2v) is 3.80. The van der Waals surface area contributed by atoms with E-state index in [0.29, 0.717) is 17.8 Å². The highest BCUT2D eigenvalue weighted by Crippen LogP contribution is 2.16. The third-order valence-electron chi connectivity index (χ3n) is 2.85. The van der Waals surface area contributed by atoms with Crippen LogP contribution in [0.3, 0.4) is 0 Å². The van der Waals surface area contributed by atoms with Crippen molar-refractivity contribution >= 4 is 11.6 Å². The fourth-order valence-electron chi connectivity index (χ4n) is 1.68. The Kier molecular flexibility index (Phi) is 2.79. The topological polar surface area (TPSA) is 69.4 Å². The summed E-state index contributed by atoms with van der Waals surface area (Å²) in [5.41, 5.74) is 2.67. The lowest BCUT2D eigenvalue weighted by Crippen LogP contribution is -2.13. The SMILES string of the molecule is CCc1nnc2c(C)c(C)c(C(=O)OC)nn12. The molecular weight excluding hydrogens is 220 g/mol. The zero-order valence-corrected chi connectivity index (χ0v) is 10.3. The summed E-state index contributed by atoms with van der Waals surface area (Å²) >= 11 is 0. The molecule has 0 aliphatic heterocycles. The van der Waals surface area contributed by atoms with E-state index in [9.17, 15) is 4.79 Å². The van der Waals surface area contributed by atoms with E-state index < -0.39 is 5.97 Å². The number of methoxy groups -OCH3 is 1. The van der Waals surface area contributed by atoms with Gasteiger partial charge in [0.25, 0.3) is 0 Å². The van der Waals surface area contributed by atoms with Crippen LogP contribution in [0.5, 0.6) is 0 Å². The van der Waals surface area contributed by atoms with E-state index in [2.05, 4.69) is 15.3 Å². The molecule has 0 unspecified atom stereocenters. The third kappa shape index (κ3) is 1.65. The minimum absolute atomic E-state index is 0.312. The molecule has 0 aromatic carbocycles.